The third-order valence-corrected chi connectivity index (χ3v) is 2.81. The number of nitrogens with zero attached hydrogens (tertiary/aromatic N) is 1. The summed E-state index contributed by atoms with van der Waals surface area (Å²) < 4.78 is 18.3. The second kappa shape index (κ2) is 6.49. The molecule has 0 aliphatic carbocycles. The molecule has 1 rings (SSSR count). The van der Waals surface area contributed by atoms with E-state index in [4.69, 9.17) is 17.3 Å². The molecule has 9 heteroatoms. The Morgan fingerprint density at radius 3 is 2.75 bits per heavy atom. The largest absolute Gasteiger partial charge is 0.506 e. The molecule has 1 aromatic rings. The Balaban J connectivity index is 3.26. The van der Waals surface area contributed by atoms with Crippen LogP contribution in [0.3, 0.4) is 0 Å². The van der Waals surface area contributed by atoms with E-state index in [-0.39, 0.29) is 11.6 Å². The maximum Gasteiger partial charge on any atom is 0.342 e. The van der Waals surface area contributed by atoms with E-state index in [9.17, 15) is 24.4 Å². The molecular weight excluding hydrogens is 295 g/mol. The van der Waals surface area contributed by atoms with Crippen molar-refractivity contribution in [3.63, 3.8) is 0 Å². The van der Waals surface area contributed by atoms with Gasteiger partial charge in [-0.05, 0) is 13.0 Å². The number of carbonyl (C=O) groups is 1. The van der Waals surface area contributed by atoms with E-state index in [2.05, 4.69) is 4.74 Å². The van der Waals surface area contributed by atoms with Gasteiger partial charge in [0.25, 0.3) is 5.69 Å². The number of phenolic OH excluding ortho intramolecular Hbond substituents is 1. The number of phenols is 1. The predicted octanol–water partition coefficient (Wildman–Crippen LogP) is 1.85. The van der Waals surface area contributed by atoms with Gasteiger partial charge >= 0.3 is 5.97 Å². The number of rotatable bonds is 5. The Morgan fingerprint density at radius 1 is 1.65 bits per heavy atom. The topological polar surface area (TPSA) is 116 Å². The van der Waals surface area contributed by atoms with Crippen LogP contribution in [0.2, 0.25) is 5.02 Å². The number of nitro groups is 1. The summed E-state index contributed by atoms with van der Waals surface area (Å²) in [5, 5.41) is 20.3. The Kier molecular flexibility index (Phi) is 5.23. The highest BCUT2D eigenvalue weighted by Gasteiger charge is 2.35. The van der Waals surface area contributed by atoms with Gasteiger partial charge in [-0.15, -0.1) is 0 Å². The second-order valence-electron chi connectivity index (χ2n) is 3.77. The Bertz CT molecular complexity index is 540. The number of halogens is 2. The van der Waals surface area contributed by atoms with Crippen molar-refractivity contribution in [3.05, 3.63) is 32.8 Å². The van der Waals surface area contributed by atoms with Crippen LogP contribution in [0.25, 0.3) is 0 Å². The van der Waals surface area contributed by atoms with Gasteiger partial charge in [-0.2, -0.15) is 0 Å². The molecule has 0 fully saturated rings. The summed E-state index contributed by atoms with van der Waals surface area (Å²) in [6.07, 6.45) is -2.36. The fourth-order valence-corrected chi connectivity index (χ4v) is 1.74. The zero-order valence-corrected chi connectivity index (χ0v) is 11.1. The molecule has 0 aliphatic heterocycles. The maximum absolute atomic E-state index is 13.8. The van der Waals surface area contributed by atoms with Gasteiger partial charge in [0.2, 0.25) is 6.17 Å². The number of esters is 1. The van der Waals surface area contributed by atoms with Gasteiger partial charge in [-0.1, -0.05) is 11.6 Å². The van der Waals surface area contributed by atoms with Crippen LogP contribution in [0.5, 0.6) is 5.75 Å². The van der Waals surface area contributed by atoms with E-state index in [1.807, 2.05) is 0 Å². The van der Waals surface area contributed by atoms with Crippen molar-refractivity contribution in [3.8, 4) is 5.75 Å². The average Bonchev–Trinajstić information content (AvgIpc) is 2.39. The van der Waals surface area contributed by atoms with E-state index >= 15 is 0 Å². The van der Waals surface area contributed by atoms with Gasteiger partial charge in [-0.3, -0.25) is 10.1 Å². The maximum atomic E-state index is 13.8. The zero-order valence-electron chi connectivity index (χ0n) is 10.4. The van der Waals surface area contributed by atoms with E-state index in [0.717, 1.165) is 12.1 Å². The smallest absolute Gasteiger partial charge is 0.342 e. The molecule has 0 radical (unpaired) electrons. The van der Waals surface area contributed by atoms with Gasteiger partial charge in [0.05, 0.1) is 28.2 Å². The minimum absolute atomic E-state index is 0.0738. The number of hydrogen-bond acceptors (Lipinski definition) is 6. The van der Waals surface area contributed by atoms with Crippen molar-refractivity contribution in [2.75, 3.05) is 6.61 Å². The Morgan fingerprint density at radius 2 is 2.25 bits per heavy atom. The van der Waals surface area contributed by atoms with Crippen LogP contribution in [-0.4, -0.2) is 28.8 Å². The van der Waals surface area contributed by atoms with E-state index in [1.165, 1.54) is 6.92 Å². The van der Waals surface area contributed by atoms with Crippen LogP contribution in [-0.2, 0) is 9.53 Å². The molecule has 3 N–H and O–H groups in total. The minimum Gasteiger partial charge on any atom is -0.506 e. The standard InChI is InChI=1S/C11H12ClFN2O5/c1-2-20-11(17)8(13)9(14)7-6(15(18)19)4-3-5(12)10(7)16/h3-4,8-9,16H,2,14H2,1H3/t8?,9-/m0/s1. The molecule has 0 bridgehead atoms. The first-order chi connectivity index (χ1) is 9.31. The summed E-state index contributed by atoms with van der Waals surface area (Å²) >= 11 is 5.61. The zero-order chi connectivity index (χ0) is 15.4. The van der Waals surface area contributed by atoms with Gasteiger partial charge < -0.3 is 15.6 Å². The molecule has 0 amide bonds. The monoisotopic (exact) mass is 306 g/mol. The van der Waals surface area contributed by atoms with Crippen molar-refractivity contribution in [1.29, 1.82) is 0 Å². The molecule has 0 spiro atoms. The number of alkyl halides is 1. The van der Waals surface area contributed by atoms with Crippen molar-refractivity contribution in [1.82, 2.24) is 0 Å². The molecule has 1 aromatic carbocycles. The number of ether oxygens (including phenoxy) is 1. The summed E-state index contributed by atoms with van der Waals surface area (Å²) in [5.41, 5.74) is 4.29. The minimum atomic E-state index is -2.36. The lowest BCUT2D eigenvalue weighted by molar-refractivity contribution is -0.385. The summed E-state index contributed by atoms with van der Waals surface area (Å²) in [5.74, 6) is -2.01. The van der Waals surface area contributed by atoms with Gasteiger partial charge in [-0.25, -0.2) is 9.18 Å². The number of nitro benzene ring substituents is 1. The molecule has 0 aromatic heterocycles. The Hall–Kier alpha value is -1.93. The molecule has 0 heterocycles. The third-order valence-electron chi connectivity index (χ3n) is 2.50. The van der Waals surface area contributed by atoms with Gasteiger partial charge in [0.15, 0.2) is 0 Å². The molecular formula is C11H12ClFN2O5. The first-order valence-electron chi connectivity index (χ1n) is 5.53. The highest BCUT2D eigenvalue weighted by atomic mass is 35.5. The third kappa shape index (κ3) is 3.14. The highest BCUT2D eigenvalue weighted by Crippen LogP contribution is 2.39. The number of benzene rings is 1. The molecule has 0 saturated heterocycles. The number of carbonyl (C=O) groups excluding carboxylic acids is 1. The van der Waals surface area contributed by atoms with Crippen LogP contribution in [0.4, 0.5) is 10.1 Å². The van der Waals surface area contributed by atoms with Crippen LogP contribution < -0.4 is 5.73 Å². The normalized spacial score (nSPS) is 13.6. The molecule has 1 unspecified atom stereocenters. The van der Waals surface area contributed by atoms with Crippen LogP contribution in [0.1, 0.15) is 18.5 Å². The summed E-state index contributed by atoms with van der Waals surface area (Å²) in [4.78, 5) is 21.3. The molecule has 0 saturated carbocycles. The predicted molar refractivity (Wildman–Crippen MR) is 68.2 cm³/mol. The second-order valence-corrected chi connectivity index (χ2v) is 4.17. The van der Waals surface area contributed by atoms with Crippen molar-refractivity contribution < 1.29 is 24.0 Å². The SMILES string of the molecule is CCOC(=O)C(F)[C@@H](N)c1c([N+](=O)[O-])ccc(Cl)c1O. The number of hydrogen-bond donors (Lipinski definition) is 2. The molecule has 2 atom stereocenters. The number of aromatic hydroxyl groups is 1. The first-order valence-corrected chi connectivity index (χ1v) is 5.91. The van der Waals surface area contributed by atoms with Gasteiger partial charge in [0.1, 0.15) is 5.75 Å². The molecule has 0 aliphatic rings. The van der Waals surface area contributed by atoms with Crippen molar-refractivity contribution in [2.24, 2.45) is 5.73 Å². The summed E-state index contributed by atoms with van der Waals surface area (Å²) in [6, 6.07) is 0.269. The molecule has 20 heavy (non-hydrogen) atoms. The van der Waals surface area contributed by atoms with E-state index in [0.29, 0.717) is 0 Å². The lowest BCUT2D eigenvalue weighted by Gasteiger charge is -2.17. The quantitative estimate of drug-likeness (QED) is 0.487. The first kappa shape index (κ1) is 16.1. The lowest BCUT2D eigenvalue weighted by Crippen LogP contribution is -2.32. The fourth-order valence-electron chi connectivity index (χ4n) is 1.57. The molecule has 7 nitrogen and oxygen atoms in total. The Labute approximate surface area is 118 Å². The van der Waals surface area contributed by atoms with Crippen molar-refractivity contribution in [2.45, 2.75) is 19.1 Å². The van der Waals surface area contributed by atoms with E-state index in [1.54, 1.807) is 0 Å². The summed E-state index contributed by atoms with van der Waals surface area (Å²) in [7, 11) is 0. The van der Waals surface area contributed by atoms with Crippen LogP contribution >= 0.6 is 11.6 Å². The van der Waals surface area contributed by atoms with Crippen LogP contribution in [0.15, 0.2) is 12.1 Å². The average molecular weight is 307 g/mol. The summed E-state index contributed by atoms with van der Waals surface area (Å²) in [6.45, 7) is 1.39. The lowest BCUT2D eigenvalue weighted by atomic mass is 10.00. The molecule has 110 valence electrons. The fraction of sp³-hybridized carbons (Fsp3) is 0.364. The number of nitrogens with two attached hydrogens (primary N) is 1. The van der Waals surface area contributed by atoms with Crippen molar-refractivity contribution >= 4 is 23.3 Å². The highest BCUT2D eigenvalue weighted by molar-refractivity contribution is 6.32. The van der Waals surface area contributed by atoms with Crippen LogP contribution in [0, 0.1) is 10.1 Å². The van der Waals surface area contributed by atoms with Gasteiger partial charge in [0, 0.05) is 6.07 Å². The van der Waals surface area contributed by atoms with E-state index < -0.39 is 40.1 Å².